The van der Waals surface area contributed by atoms with Gasteiger partial charge in [0.15, 0.2) is 0 Å². The molecule has 0 saturated heterocycles. The van der Waals surface area contributed by atoms with Crippen molar-refractivity contribution in [2.45, 2.75) is 52.4 Å². The number of likely N-dealkylation sites (N-methyl/N-ethyl adjacent to an activating group) is 1. The number of anilines is 2. The van der Waals surface area contributed by atoms with Crippen LogP contribution in [0, 0.1) is 12.7 Å². The standard InChI is InChI=1S/C30H35FN2O5/c1-7-20(34)16-37-21-10-11-23(27(15-21)36-6)22-12-13-25-28(33(5)29(35)30(3,4)32-25)24(22)17-38-26-14-19(31)9-8-18(26)2/h8-15,20,32,34H,7,16-17H2,1-6H3/t20-/m1/s1. The van der Waals surface area contributed by atoms with Gasteiger partial charge in [-0.1, -0.05) is 19.1 Å². The summed E-state index contributed by atoms with van der Waals surface area (Å²) >= 11 is 0. The van der Waals surface area contributed by atoms with Crippen LogP contribution in [0.1, 0.15) is 38.3 Å². The van der Waals surface area contributed by atoms with Crippen molar-refractivity contribution in [2.75, 3.05) is 31.0 Å². The molecular formula is C30H35FN2O5. The van der Waals surface area contributed by atoms with E-state index in [1.807, 2.05) is 52.0 Å². The lowest BCUT2D eigenvalue weighted by molar-refractivity contribution is -0.121. The third-order valence-electron chi connectivity index (χ3n) is 6.80. The Hall–Kier alpha value is -3.78. The highest BCUT2D eigenvalue weighted by Crippen LogP contribution is 2.45. The number of hydrogen-bond acceptors (Lipinski definition) is 6. The summed E-state index contributed by atoms with van der Waals surface area (Å²) < 4.78 is 31.6. The Morgan fingerprint density at radius 3 is 2.50 bits per heavy atom. The molecule has 1 amide bonds. The first-order valence-corrected chi connectivity index (χ1v) is 12.7. The first-order valence-electron chi connectivity index (χ1n) is 12.7. The number of fused-ring (bicyclic) bond motifs is 1. The van der Waals surface area contributed by atoms with E-state index in [2.05, 4.69) is 5.32 Å². The number of halogens is 1. The Morgan fingerprint density at radius 1 is 1.05 bits per heavy atom. The van der Waals surface area contributed by atoms with Crippen molar-refractivity contribution in [3.05, 3.63) is 65.5 Å². The van der Waals surface area contributed by atoms with E-state index in [4.69, 9.17) is 14.2 Å². The second-order valence-corrected chi connectivity index (χ2v) is 10.0. The molecule has 0 saturated carbocycles. The normalized spacial score (nSPS) is 14.9. The number of aryl methyl sites for hydroxylation is 1. The van der Waals surface area contributed by atoms with Crippen LogP contribution in [-0.2, 0) is 11.4 Å². The highest BCUT2D eigenvalue weighted by molar-refractivity contribution is 6.08. The van der Waals surface area contributed by atoms with E-state index in [1.165, 1.54) is 12.1 Å². The Bertz CT molecular complexity index is 1340. The molecule has 0 aromatic heterocycles. The number of aliphatic hydroxyl groups excluding tert-OH is 1. The van der Waals surface area contributed by atoms with Crippen LogP contribution in [0.25, 0.3) is 11.1 Å². The summed E-state index contributed by atoms with van der Waals surface area (Å²) in [5.41, 5.74) is 3.83. The average molecular weight is 523 g/mol. The van der Waals surface area contributed by atoms with Gasteiger partial charge in [0.1, 0.15) is 41.8 Å². The number of nitrogens with one attached hydrogen (secondary N) is 1. The molecule has 3 aromatic carbocycles. The molecule has 4 rings (SSSR count). The first-order chi connectivity index (χ1) is 18.1. The zero-order valence-corrected chi connectivity index (χ0v) is 22.7. The number of aliphatic hydroxyl groups is 1. The van der Waals surface area contributed by atoms with Crippen LogP contribution in [0.5, 0.6) is 17.2 Å². The van der Waals surface area contributed by atoms with Crippen molar-refractivity contribution >= 4 is 17.3 Å². The van der Waals surface area contributed by atoms with Gasteiger partial charge in [-0.2, -0.15) is 0 Å². The number of ether oxygens (including phenoxy) is 3. The van der Waals surface area contributed by atoms with Crippen LogP contribution in [0.15, 0.2) is 48.5 Å². The highest BCUT2D eigenvalue weighted by atomic mass is 19.1. The molecule has 0 fully saturated rings. The summed E-state index contributed by atoms with van der Waals surface area (Å²) in [4.78, 5) is 14.9. The summed E-state index contributed by atoms with van der Waals surface area (Å²) in [7, 11) is 3.32. The van der Waals surface area contributed by atoms with Crippen LogP contribution >= 0.6 is 0 Å². The fourth-order valence-corrected chi connectivity index (χ4v) is 4.60. The van der Waals surface area contributed by atoms with Gasteiger partial charge >= 0.3 is 0 Å². The molecule has 0 spiro atoms. The van der Waals surface area contributed by atoms with Crippen molar-refractivity contribution in [3.8, 4) is 28.4 Å². The molecule has 1 aliphatic rings. The van der Waals surface area contributed by atoms with Gasteiger partial charge in [0.2, 0.25) is 0 Å². The first kappa shape index (κ1) is 27.3. The van der Waals surface area contributed by atoms with E-state index in [9.17, 15) is 14.3 Å². The molecule has 0 aliphatic carbocycles. The number of hydrogen-bond donors (Lipinski definition) is 2. The Labute approximate surface area is 223 Å². The molecule has 0 unspecified atom stereocenters. The molecule has 0 bridgehead atoms. The van der Waals surface area contributed by atoms with Crippen LogP contribution in [0.3, 0.4) is 0 Å². The minimum absolute atomic E-state index is 0.0875. The topological polar surface area (TPSA) is 80.3 Å². The summed E-state index contributed by atoms with van der Waals surface area (Å²) in [6.07, 6.45) is 0.0384. The van der Waals surface area contributed by atoms with Crippen LogP contribution in [0.2, 0.25) is 0 Å². The number of carbonyl (C=O) groups is 1. The van der Waals surface area contributed by atoms with Gasteiger partial charge < -0.3 is 29.5 Å². The molecule has 2 N–H and O–H groups in total. The molecular weight excluding hydrogens is 487 g/mol. The number of nitrogens with zero attached hydrogens (tertiary/aromatic N) is 1. The summed E-state index contributed by atoms with van der Waals surface area (Å²) in [6, 6.07) is 13.8. The summed E-state index contributed by atoms with van der Waals surface area (Å²) in [5.74, 6) is 1.09. The van der Waals surface area contributed by atoms with Crippen LogP contribution in [0.4, 0.5) is 15.8 Å². The lowest BCUT2D eigenvalue weighted by Crippen LogP contribution is -2.52. The number of methoxy groups -OCH3 is 1. The maximum Gasteiger partial charge on any atom is 0.251 e. The smallest absolute Gasteiger partial charge is 0.251 e. The van der Waals surface area contributed by atoms with Crippen molar-refractivity contribution in [3.63, 3.8) is 0 Å². The van der Waals surface area contributed by atoms with Gasteiger partial charge in [-0.15, -0.1) is 0 Å². The zero-order chi connectivity index (χ0) is 27.6. The molecule has 0 radical (unpaired) electrons. The van der Waals surface area contributed by atoms with Gasteiger partial charge in [-0.05, 0) is 62.6 Å². The Kier molecular flexibility index (Phi) is 7.83. The Morgan fingerprint density at radius 2 is 1.79 bits per heavy atom. The Balaban J connectivity index is 1.81. The fraction of sp³-hybridized carbons (Fsp3) is 0.367. The number of rotatable bonds is 9. The molecule has 1 heterocycles. The number of carbonyl (C=O) groups excluding carboxylic acids is 1. The lowest BCUT2D eigenvalue weighted by Gasteiger charge is -2.39. The molecule has 8 heteroatoms. The van der Waals surface area contributed by atoms with Crippen molar-refractivity contribution < 1.29 is 28.5 Å². The summed E-state index contributed by atoms with van der Waals surface area (Å²) in [5, 5.41) is 13.2. The minimum Gasteiger partial charge on any atom is -0.496 e. The molecule has 7 nitrogen and oxygen atoms in total. The maximum atomic E-state index is 14.0. The third kappa shape index (κ3) is 5.41. The van der Waals surface area contributed by atoms with Gasteiger partial charge in [-0.25, -0.2) is 4.39 Å². The maximum absolute atomic E-state index is 14.0. The fourth-order valence-electron chi connectivity index (χ4n) is 4.60. The van der Waals surface area contributed by atoms with Crippen molar-refractivity contribution in [1.29, 1.82) is 0 Å². The molecule has 3 aromatic rings. The van der Waals surface area contributed by atoms with Crippen molar-refractivity contribution in [2.24, 2.45) is 0 Å². The second kappa shape index (κ2) is 10.9. The quantitative estimate of drug-likeness (QED) is 0.375. The third-order valence-corrected chi connectivity index (χ3v) is 6.80. The predicted octanol–water partition coefficient (Wildman–Crippen LogP) is 5.71. The van der Waals surface area contributed by atoms with E-state index in [1.54, 1.807) is 31.2 Å². The number of benzene rings is 3. The van der Waals surface area contributed by atoms with E-state index in [0.29, 0.717) is 29.4 Å². The lowest BCUT2D eigenvalue weighted by atomic mass is 9.91. The largest absolute Gasteiger partial charge is 0.496 e. The molecule has 1 aliphatic heterocycles. The number of amides is 1. The van der Waals surface area contributed by atoms with Gasteiger partial charge in [0.05, 0.1) is 24.6 Å². The van der Waals surface area contributed by atoms with Crippen LogP contribution in [-0.4, -0.2) is 43.4 Å². The second-order valence-electron chi connectivity index (χ2n) is 10.0. The van der Waals surface area contributed by atoms with E-state index >= 15 is 0 Å². The van der Waals surface area contributed by atoms with Crippen molar-refractivity contribution in [1.82, 2.24) is 0 Å². The van der Waals surface area contributed by atoms with E-state index in [0.717, 1.165) is 27.9 Å². The minimum atomic E-state index is -0.778. The van der Waals surface area contributed by atoms with Gasteiger partial charge in [-0.3, -0.25) is 4.79 Å². The molecule has 38 heavy (non-hydrogen) atoms. The van der Waals surface area contributed by atoms with E-state index in [-0.39, 0.29) is 24.9 Å². The summed E-state index contributed by atoms with van der Waals surface area (Å²) in [6.45, 7) is 7.69. The predicted molar refractivity (Wildman–Crippen MR) is 147 cm³/mol. The SMILES string of the molecule is CC[C@@H](O)COc1ccc(-c2ccc3c(c2COc2cc(F)ccc2C)N(C)C(=O)C(C)(C)N3)c(OC)c1. The average Bonchev–Trinajstić information content (AvgIpc) is 2.90. The van der Waals surface area contributed by atoms with Gasteiger partial charge in [0.25, 0.3) is 5.91 Å². The van der Waals surface area contributed by atoms with E-state index < -0.39 is 11.6 Å². The molecule has 202 valence electrons. The zero-order valence-electron chi connectivity index (χ0n) is 22.7. The van der Waals surface area contributed by atoms with Crippen LogP contribution < -0.4 is 24.4 Å². The van der Waals surface area contributed by atoms with Gasteiger partial charge in [0, 0.05) is 30.3 Å². The monoisotopic (exact) mass is 522 g/mol. The molecule has 1 atom stereocenters. The highest BCUT2D eigenvalue weighted by Gasteiger charge is 2.38.